The van der Waals surface area contributed by atoms with Gasteiger partial charge in [0.1, 0.15) is 17.1 Å². The molecule has 0 spiro atoms. The SMILES string of the molecule is CC1(C)CCCN1C(=O)c1c(O)cccc1O. The molecule has 1 fully saturated rings. The molecule has 1 aliphatic heterocycles. The van der Waals surface area contributed by atoms with Crippen LogP contribution in [0.25, 0.3) is 0 Å². The zero-order valence-corrected chi connectivity index (χ0v) is 10.1. The van der Waals surface area contributed by atoms with E-state index in [0.717, 1.165) is 12.8 Å². The first-order chi connectivity index (χ1) is 7.93. The molecule has 1 aliphatic rings. The van der Waals surface area contributed by atoms with Crippen LogP contribution in [-0.4, -0.2) is 33.1 Å². The molecule has 0 radical (unpaired) electrons. The molecule has 1 saturated heterocycles. The smallest absolute Gasteiger partial charge is 0.261 e. The second kappa shape index (κ2) is 3.95. The first kappa shape index (κ1) is 11.8. The Labute approximate surface area is 100 Å². The molecule has 17 heavy (non-hydrogen) atoms. The molecule has 0 bridgehead atoms. The highest BCUT2D eigenvalue weighted by atomic mass is 16.3. The van der Waals surface area contributed by atoms with Gasteiger partial charge in [0.2, 0.25) is 0 Å². The molecule has 1 aromatic carbocycles. The van der Waals surface area contributed by atoms with Crippen molar-refractivity contribution in [2.24, 2.45) is 0 Å². The van der Waals surface area contributed by atoms with E-state index in [4.69, 9.17) is 0 Å². The van der Waals surface area contributed by atoms with E-state index in [1.54, 1.807) is 4.90 Å². The fourth-order valence-electron chi connectivity index (χ4n) is 2.37. The van der Waals surface area contributed by atoms with Gasteiger partial charge in [-0.15, -0.1) is 0 Å². The van der Waals surface area contributed by atoms with E-state index in [-0.39, 0.29) is 28.5 Å². The number of carbonyl (C=O) groups is 1. The van der Waals surface area contributed by atoms with E-state index in [2.05, 4.69) is 0 Å². The van der Waals surface area contributed by atoms with Crippen molar-refractivity contribution >= 4 is 5.91 Å². The van der Waals surface area contributed by atoms with Gasteiger partial charge in [-0.2, -0.15) is 0 Å². The van der Waals surface area contributed by atoms with Gasteiger partial charge < -0.3 is 15.1 Å². The van der Waals surface area contributed by atoms with Crippen molar-refractivity contribution in [1.29, 1.82) is 0 Å². The summed E-state index contributed by atoms with van der Waals surface area (Å²) in [5, 5.41) is 19.4. The number of amides is 1. The van der Waals surface area contributed by atoms with Crippen LogP contribution in [-0.2, 0) is 0 Å². The number of carbonyl (C=O) groups excluding carboxylic acids is 1. The highest BCUT2D eigenvalue weighted by molar-refractivity contribution is 6.00. The number of nitrogens with zero attached hydrogens (tertiary/aromatic N) is 1. The lowest BCUT2D eigenvalue weighted by Crippen LogP contribution is -2.42. The molecule has 1 aromatic rings. The molecule has 0 aliphatic carbocycles. The van der Waals surface area contributed by atoms with Gasteiger partial charge in [0.15, 0.2) is 0 Å². The number of hydrogen-bond acceptors (Lipinski definition) is 3. The third kappa shape index (κ3) is 1.95. The Morgan fingerprint density at radius 2 is 1.88 bits per heavy atom. The molecule has 0 aromatic heterocycles. The summed E-state index contributed by atoms with van der Waals surface area (Å²) in [4.78, 5) is 14.0. The molecule has 2 N–H and O–H groups in total. The zero-order chi connectivity index (χ0) is 12.6. The van der Waals surface area contributed by atoms with Crippen LogP contribution >= 0.6 is 0 Å². The van der Waals surface area contributed by atoms with Crippen LogP contribution in [0, 0.1) is 0 Å². The molecule has 4 heteroatoms. The largest absolute Gasteiger partial charge is 0.507 e. The standard InChI is InChI=1S/C13H17NO3/c1-13(2)7-4-8-14(13)12(17)11-9(15)5-3-6-10(11)16/h3,5-6,15-16H,4,7-8H2,1-2H3. The molecule has 2 rings (SSSR count). The van der Waals surface area contributed by atoms with Crippen LogP contribution in [0.3, 0.4) is 0 Å². The van der Waals surface area contributed by atoms with Crippen molar-refractivity contribution in [1.82, 2.24) is 4.90 Å². The summed E-state index contributed by atoms with van der Waals surface area (Å²) >= 11 is 0. The molecular weight excluding hydrogens is 218 g/mol. The van der Waals surface area contributed by atoms with E-state index < -0.39 is 0 Å². The fourth-order valence-corrected chi connectivity index (χ4v) is 2.37. The number of aromatic hydroxyl groups is 2. The summed E-state index contributed by atoms with van der Waals surface area (Å²) in [5.74, 6) is -0.640. The van der Waals surface area contributed by atoms with Crippen LogP contribution in [0.5, 0.6) is 11.5 Å². The van der Waals surface area contributed by atoms with Crippen molar-refractivity contribution in [2.45, 2.75) is 32.2 Å². The Morgan fingerprint density at radius 3 is 2.35 bits per heavy atom. The maximum Gasteiger partial charge on any atom is 0.261 e. The number of likely N-dealkylation sites (tertiary alicyclic amines) is 1. The molecular formula is C13H17NO3. The number of benzene rings is 1. The van der Waals surface area contributed by atoms with Crippen LogP contribution < -0.4 is 0 Å². The summed E-state index contributed by atoms with van der Waals surface area (Å²) in [6, 6.07) is 4.34. The monoisotopic (exact) mass is 235 g/mol. The van der Waals surface area contributed by atoms with Crippen LogP contribution in [0.1, 0.15) is 37.0 Å². The lowest BCUT2D eigenvalue weighted by atomic mass is 10.0. The second-order valence-electron chi connectivity index (χ2n) is 5.04. The Kier molecular flexibility index (Phi) is 2.73. The van der Waals surface area contributed by atoms with E-state index >= 15 is 0 Å². The summed E-state index contributed by atoms with van der Waals surface area (Å²) in [7, 11) is 0. The predicted octanol–water partition coefficient (Wildman–Crippen LogP) is 2.11. The molecule has 0 atom stereocenters. The van der Waals surface area contributed by atoms with Crippen molar-refractivity contribution in [3.05, 3.63) is 23.8 Å². The summed E-state index contributed by atoms with van der Waals surface area (Å²) in [6.45, 7) is 4.66. The average molecular weight is 235 g/mol. The molecule has 4 nitrogen and oxygen atoms in total. The van der Waals surface area contributed by atoms with E-state index in [1.165, 1.54) is 18.2 Å². The number of phenols is 2. The van der Waals surface area contributed by atoms with Gasteiger partial charge in [0.25, 0.3) is 5.91 Å². The fraction of sp³-hybridized carbons (Fsp3) is 0.462. The predicted molar refractivity (Wildman–Crippen MR) is 64.1 cm³/mol. The Morgan fingerprint density at radius 1 is 1.29 bits per heavy atom. The second-order valence-corrected chi connectivity index (χ2v) is 5.04. The van der Waals surface area contributed by atoms with Crippen LogP contribution in [0.15, 0.2) is 18.2 Å². The number of phenolic OH excluding ortho intramolecular Hbond substituents is 2. The Hall–Kier alpha value is -1.71. The number of rotatable bonds is 1. The van der Waals surface area contributed by atoms with E-state index in [0.29, 0.717) is 6.54 Å². The van der Waals surface area contributed by atoms with Gasteiger partial charge >= 0.3 is 0 Å². The quantitative estimate of drug-likeness (QED) is 0.783. The maximum absolute atomic E-state index is 12.3. The molecule has 1 amide bonds. The molecule has 92 valence electrons. The van der Waals surface area contributed by atoms with Gasteiger partial charge in [-0.25, -0.2) is 0 Å². The maximum atomic E-state index is 12.3. The molecule has 0 saturated carbocycles. The number of hydrogen-bond donors (Lipinski definition) is 2. The van der Waals surface area contributed by atoms with Crippen molar-refractivity contribution in [2.75, 3.05) is 6.54 Å². The van der Waals surface area contributed by atoms with Gasteiger partial charge in [-0.05, 0) is 38.8 Å². The highest BCUT2D eigenvalue weighted by Crippen LogP contribution is 2.34. The van der Waals surface area contributed by atoms with Crippen LogP contribution in [0.2, 0.25) is 0 Å². The minimum Gasteiger partial charge on any atom is -0.507 e. The zero-order valence-electron chi connectivity index (χ0n) is 10.1. The Bertz CT molecular complexity index is 434. The minimum absolute atomic E-state index is 0.00229. The normalized spacial score (nSPS) is 18.4. The first-order valence-corrected chi connectivity index (χ1v) is 5.76. The van der Waals surface area contributed by atoms with E-state index in [1.807, 2.05) is 13.8 Å². The van der Waals surface area contributed by atoms with Crippen molar-refractivity contribution < 1.29 is 15.0 Å². The lowest BCUT2D eigenvalue weighted by Gasteiger charge is -2.31. The highest BCUT2D eigenvalue weighted by Gasteiger charge is 2.37. The third-order valence-electron chi connectivity index (χ3n) is 3.38. The first-order valence-electron chi connectivity index (χ1n) is 5.76. The van der Waals surface area contributed by atoms with Crippen molar-refractivity contribution in [3.8, 4) is 11.5 Å². The molecule has 0 unspecified atom stereocenters. The lowest BCUT2D eigenvalue weighted by molar-refractivity contribution is 0.0646. The van der Waals surface area contributed by atoms with Gasteiger partial charge in [-0.1, -0.05) is 6.07 Å². The minimum atomic E-state index is -0.303. The van der Waals surface area contributed by atoms with E-state index in [9.17, 15) is 15.0 Å². The van der Waals surface area contributed by atoms with Crippen molar-refractivity contribution in [3.63, 3.8) is 0 Å². The summed E-state index contributed by atoms with van der Waals surface area (Å²) in [6.07, 6.45) is 1.89. The molecule has 1 heterocycles. The van der Waals surface area contributed by atoms with Gasteiger partial charge in [0, 0.05) is 12.1 Å². The summed E-state index contributed by atoms with van der Waals surface area (Å²) in [5.41, 5.74) is -0.214. The van der Waals surface area contributed by atoms with Crippen LogP contribution in [0.4, 0.5) is 0 Å². The van der Waals surface area contributed by atoms with Gasteiger partial charge in [-0.3, -0.25) is 4.79 Å². The average Bonchev–Trinajstić information content (AvgIpc) is 2.57. The third-order valence-corrected chi connectivity index (χ3v) is 3.38. The summed E-state index contributed by atoms with van der Waals surface area (Å²) < 4.78 is 0. The Balaban J connectivity index is 2.38. The topological polar surface area (TPSA) is 60.8 Å². The van der Waals surface area contributed by atoms with Gasteiger partial charge in [0.05, 0.1) is 0 Å².